The summed E-state index contributed by atoms with van der Waals surface area (Å²) in [5, 5.41) is 10.9. The molecular formula is C10H15N3. The maximum absolute atomic E-state index is 4.16. The lowest BCUT2D eigenvalue weighted by Gasteiger charge is -2.33. The summed E-state index contributed by atoms with van der Waals surface area (Å²) in [6, 6.07) is 0. The van der Waals surface area contributed by atoms with Crippen LogP contribution in [0.3, 0.4) is 0 Å². The third-order valence-corrected chi connectivity index (χ3v) is 3.59. The molecule has 0 unspecified atom stereocenters. The minimum Gasteiger partial charge on any atom is -0.312 e. The Morgan fingerprint density at radius 3 is 3.00 bits per heavy atom. The molecule has 3 nitrogen and oxygen atoms in total. The van der Waals surface area contributed by atoms with Gasteiger partial charge in [-0.3, -0.25) is 5.10 Å². The Kier molecular flexibility index (Phi) is 1.50. The van der Waals surface area contributed by atoms with E-state index >= 15 is 0 Å². The van der Waals surface area contributed by atoms with E-state index in [1.54, 1.807) is 0 Å². The van der Waals surface area contributed by atoms with Gasteiger partial charge in [-0.25, -0.2) is 0 Å². The molecule has 1 aromatic heterocycles. The maximum atomic E-state index is 4.16. The van der Waals surface area contributed by atoms with Crippen molar-refractivity contribution in [1.82, 2.24) is 15.5 Å². The van der Waals surface area contributed by atoms with Crippen LogP contribution in [0.2, 0.25) is 0 Å². The van der Waals surface area contributed by atoms with Crippen LogP contribution in [-0.4, -0.2) is 16.7 Å². The van der Waals surface area contributed by atoms with Crippen LogP contribution in [-0.2, 0) is 12.0 Å². The zero-order valence-electron chi connectivity index (χ0n) is 7.77. The summed E-state index contributed by atoms with van der Waals surface area (Å²) in [5.74, 6) is 0. The highest BCUT2D eigenvalue weighted by molar-refractivity contribution is 5.30. The van der Waals surface area contributed by atoms with Crippen molar-refractivity contribution in [3.63, 3.8) is 0 Å². The van der Waals surface area contributed by atoms with Gasteiger partial charge in [-0.2, -0.15) is 5.10 Å². The molecule has 3 heteroatoms. The zero-order valence-corrected chi connectivity index (χ0v) is 7.77. The monoisotopic (exact) mass is 177 g/mol. The first-order valence-corrected chi connectivity index (χ1v) is 5.14. The highest BCUT2D eigenvalue weighted by atomic mass is 15.1. The topological polar surface area (TPSA) is 40.7 Å². The van der Waals surface area contributed by atoms with Crippen molar-refractivity contribution in [2.75, 3.05) is 6.54 Å². The van der Waals surface area contributed by atoms with Crippen molar-refractivity contribution in [1.29, 1.82) is 0 Å². The number of fused-ring (bicyclic) bond motifs is 2. The number of aromatic amines is 1. The zero-order chi connectivity index (χ0) is 8.73. The number of nitrogens with one attached hydrogen (secondary N) is 2. The average Bonchev–Trinajstić information content (AvgIpc) is 2.74. The quantitative estimate of drug-likeness (QED) is 0.627. The summed E-state index contributed by atoms with van der Waals surface area (Å²) in [5.41, 5.74) is 3.21. The third-order valence-electron chi connectivity index (χ3n) is 3.59. The summed E-state index contributed by atoms with van der Waals surface area (Å²) in [6.07, 6.45) is 7.38. The van der Waals surface area contributed by atoms with Crippen LogP contribution in [0.15, 0.2) is 6.20 Å². The molecule has 1 spiro atoms. The first-order valence-electron chi connectivity index (χ1n) is 5.14. The van der Waals surface area contributed by atoms with Crippen molar-refractivity contribution in [2.45, 2.75) is 37.6 Å². The van der Waals surface area contributed by atoms with Crippen molar-refractivity contribution in [3.05, 3.63) is 17.5 Å². The standard InChI is InChI=1S/C10H15N3/c1-2-4-10(3-1)7-11-5-8-6-12-13-9(8)10/h6,11H,1-5,7H2,(H,12,13). The molecule has 0 saturated heterocycles. The molecule has 2 heterocycles. The number of H-pyrrole nitrogens is 1. The van der Waals surface area contributed by atoms with Gasteiger partial charge in [0.15, 0.2) is 0 Å². The van der Waals surface area contributed by atoms with Crippen molar-refractivity contribution >= 4 is 0 Å². The number of nitrogens with zero attached hydrogens (tertiary/aromatic N) is 1. The molecule has 0 amide bonds. The highest BCUT2D eigenvalue weighted by Gasteiger charge is 2.40. The number of aromatic nitrogens is 2. The van der Waals surface area contributed by atoms with Crippen LogP contribution in [0.1, 0.15) is 36.9 Å². The normalized spacial score (nSPS) is 24.9. The van der Waals surface area contributed by atoms with Gasteiger partial charge >= 0.3 is 0 Å². The fourth-order valence-corrected chi connectivity index (χ4v) is 2.91. The number of hydrogen-bond acceptors (Lipinski definition) is 2. The first-order chi connectivity index (χ1) is 6.41. The van der Waals surface area contributed by atoms with Gasteiger partial charge in [0.2, 0.25) is 0 Å². The van der Waals surface area contributed by atoms with Gasteiger partial charge in [0, 0.05) is 29.8 Å². The Balaban J connectivity index is 2.08. The molecule has 1 fully saturated rings. The van der Waals surface area contributed by atoms with Crippen LogP contribution in [0.25, 0.3) is 0 Å². The maximum Gasteiger partial charge on any atom is 0.0535 e. The number of hydrogen-bond donors (Lipinski definition) is 2. The average molecular weight is 177 g/mol. The molecule has 1 aliphatic carbocycles. The summed E-state index contributed by atoms with van der Waals surface area (Å²) in [7, 11) is 0. The summed E-state index contributed by atoms with van der Waals surface area (Å²) in [6.45, 7) is 2.13. The van der Waals surface area contributed by atoms with E-state index in [1.807, 2.05) is 6.20 Å². The molecular weight excluding hydrogens is 162 g/mol. The Hall–Kier alpha value is -0.830. The van der Waals surface area contributed by atoms with Crippen LogP contribution in [0, 0.1) is 0 Å². The largest absolute Gasteiger partial charge is 0.312 e. The Morgan fingerprint density at radius 1 is 1.31 bits per heavy atom. The Labute approximate surface area is 77.9 Å². The fourth-order valence-electron chi connectivity index (χ4n) is 2.91. The summed E-state index contributed by atoms with van der Waals surface area (Å²) < 4.78 is 0. The SMILES string of the molecule is c1n[nH]c2c1CNCC21CCCC1. The van der Waals surface area contributed by atoms with E-state index in [4.69, 9.17) is 0 Å². The van der Waals surface area contributed by atoms with Crippen molar-refractivity contribution < 1.29 is 0 Å². The molecule has 1 aromatic rings. The molecule has 2 N–H and O–H groups in total. The van der Waals surface area contributed by atoms with E-state index in [0.717, 1.165) is 13.1 Å². The van der Waals surface area contributed by atoms with E-state index in [1.165, 1.54) is 36.9 Å². The second kappa shape index (κ2) is 2.58. The second-order valence-electron chi connectivity index (χ2n) is 4.36. The summed E-state index contributed by atoms with van der Waals surface area (Å²) in [4.78, 5) is 0. The molecule has 1 saturated carbocycles. The number of rotatable bonds is 0. The van der Waals surface area contributed by atoms with E-state index in [0.29, 0.717) is 5.41 Å². The van der Waals surface area contributed by atoms with Gasteiger partial charge in [-0.1, -0.05) is 12.8 Å². The Morgan fingerprint density at radius 2 is 2.15 bits per heavy atom. The summed E-state index contributed by atoms with van der Waals surface area (Å²) >= 11 is 0. The molecule has 2 aliphatic rings. The smallest absolute Gasteiger partial charge is 0.0535 e. The van der Waals surface area contributed by atoms with Crippen LogP contribution < -0.4 is 5.32 Å². The highest BCUT2D eigenvalue weighted by Crippen LogP contribution is 2.42. The molecule has 13 heavy (non-hydrogen) atoms. The lowest BCUT2D eigenvalue weighted by molar-refractivity contribution is 0.367. The van der Waals surface area contributed by atoms with Gasteiger partial charge in [-0.05, 0) is 12.8 Å². The van der Waals surface area contributed by atoms with Gasteiger partial charge < -0.3 is 5.32 Å². The van der Waals surface area contributed by atoms with Crippen molar-refractivity contribution in [2.24, 2.45) is 0 Å². The van der Waals surface area contributed by atoms with Gasteiger partial charge in [-0.15, -0.1) is 0 Å². The minimum atomic E-state index is 0.407. The predicted molar refractivity (Wildman–Crippen MR) is 50.4 cm³/mol. The molecule has 70 valence electrons. The lowest BCUT2D eigenvalue weighted by atomic mass is 9.79. The van der Waals surface area contributed by atoms with Gasteiger partial charge in [0.05, 0.1) is 6.20 Å². The van der Waals surface area contributed by atoms with Crippen LogP contribution >= 0.6 is 0 Å². The van der Waals surface area contributed by atoms with E-state index in [2.05, 4.69) is 15.5 Å². The molecule has 1 aliphatic heterocycles. The lowest BCUT2D eigenvalue weighted by Crippen LogP contribution is -2.41. The van der Waals surface area contributed by atoms with Gasteiger partial charge in [0.25, 0.3) is 0 Å². The predicted octanol–water partition coefficient (Wildman–Crippen LogP) is 1.32. The van der Waals surface area contributed by atoms with Crippen LogP contribution in [0.5, 0.6) is 0 Å². The molecule has 0 bridgehead atoms. The molecule has 0 radical (unpaired) electrons. The Bertz CT molecular complexity index is 310. The fraction of sp³-hybridized carbons (Fsp3) is 0.700. The van der Waals surface area contributed by atoms with Gasteiger partial charge in [0.1, 0.15) is 0 Å². The van der Waals surface area contributed by atoms with Crippen molar-refractivity contribution in [3.8, 4) is 0 Å². The minimum absolute atomic E-state index is 0.407. The molecule has 0 aromatic carbocycles. The van der Waals surface area contributed by atoms with E-state index in [9.17, 15) is 0 Å². The first kappa shape index (κ1) is 7.56. The van der Waals surface area contributed by atoms with E-state index < -0.39 is 0 Å². The third kappa shape index (κ3) is 0.967. The molecule has 3 rings (SSSR count). The van der Waals surface area contributed by atoms with E-state index in [-0.39, 0.29) is 0 Å². The second-order valence-corrected chi connectivity index (χ2v) is 4.36. The molecule has 0 atom stereocenters. The van der Waals surface area contributed by atoms with Crippen LogP contribution in [0.4, 0.5) is 0 Å².